The Morgan fingerprint density at radius 2 is 2.14 bits per heavy atom. The molecule has 112 valence electrons. The summed E-state index contributed by atoms with van der Waals surface area (Å²) in [6.07, 6.45) is 1.44. The fourth-order valence-electron chi connectivity index (χ4n) is 1.96. The summed E-state index contributed by atoms with van der Waals surface area (Å²) in [6, 6.07) is 9.13. The molecule has 3 rings (SSSR count). The molecule has 0 saturated carbocycles. The molecule has 7 nitrogen and oxygen atoms in total. The number of carbonyl (C=O) groups is 1. The molecular formula is C14H12N4O3S. The van der Waals surface area contributed by atoms with Gasteiger partial charge in [0.25, 0.3) is 5.56 Å². The number of methoxy groups -OCH3 is 1. The number of hydrogen-bond donors (Lipinski definition) is 1. The molecule has 0 aliphatic carbocycles. The van der Waals surface area contributed by atoms with Crippen LogP contribution >= 0.6 is 11.8 Å². The van der Waals surface area contributed by atoms with Crippen molar-refractivity contribution >= 4 is 28.8 Å². The highest BCUT2D eigenvalue weighted by molar-refractivity contribution is 7.99. The third-order valence-electron chi connectivity index (χ3n) is 3.01. The van der Waals surface area contributed by atoms with Gasteiger partial charge in [-0.2, -0.15) is 5.10 Å². The maximum absolute atomic E-state index is 12.7. The summed E-state index contributed by atoms with van der Waals surface area (Å²) in [5.74, 6) is -0.321. The maximum Gasteiger partial charge on any atom is 0.316 e. The van der Waals surface area contributed by atoms with Gasteiger partial charge >= 0.3 is 5.97 Å². The van der Waals surface area contributed by atoms with E-state index in [0.717, 1.165) is 11.8 Å². The number of nitrogens with one attached hydrogen (secondary N) is 1. The minimum atomic E-state index is -0.386. The van der Waals surface area contributed by atoms with Crippen molar-refractivity contribution in [1.29, 1.82) is 0 Å². The van der Waals surface area contributed by atoms with Crippen LogP contribution in [0.3, 0.4) is 0 Å². The number of aromatic nitrogens is 4. The Kier molecular flexibility index (Phi) is 3.92. The molecule has 8 heteroatoms. The predicted octanol–water partition coefficient (Wildman–Crippen LogP) is 1.37. The lowest BCUT2D eigenvalue weighted by molar-refractivity contribution is -0.137. The third kappa shape index (κ3) is 2.60. The lowest BCUT2D eigenvalue weighted by Gasteiger charge is -2.11. The first-order chi connectivity index (χ1) is 10.7. The van der Waals surface area contributed by atoms with Crippen molar-refractivity contribution in [3.8, 4) is 5.69 Å². The first kappa shape index (κ1) is 14.3. The Morgan fingerprint density at radius 3 is 2.86 bits per heavy atom. The van der Waals surface area contributed by atoms with E-state index in [2.05, 4.69) is 19.9 Å². The van der Waals surface area contributed by atoms with Crippen LogP contribution in [0.4, 0.5) is 0 Å². The van der Waals surface area contributed by atoms with Crippen molar-refractivity contribution in [3.05, 3.63) is 46.9 Å². The van der Waals surface area contributed by atoms with Crippen LogP contribution in [0.25, 0.3) is 16.7 Å². The Morgan fingerprint density at radius 1 is 1.36 bits per heavy atom. The van der Waals surface area contributed by atoms with E-state index in [1.165, 1.54) is 17.9 Å². The van der Waals surface area contributed by atoms with Crippen molar-refractivity contribution < 1.29 is 9.53 Å². The third-order valence-corrected chi connectivity index (χ3v) is 3.92. The summed E-state index contributed by atoms with van der Waals surface area (Å²) >= 11 is 1.14. The smallest absolute Gasteiger partial charge is 0.316 e. The molecule has 22 heavy (non-hydrogen) atoms. The molecule has 0 amide bonds. The number of ether oxygens (including phenoxy) is 1. The lowest BCUT2D eigenvalue weighted by Crippen LogP contribution is -2.21. The molecule has 1 N–H and O–H groups in total. The van der Waals surface area contributed by atoms with Gasteiger partial charge in [-0.25, -0.2) is 4.98 Å². The van der Waals surface area contributed by atoms with E-state index in [9.17, 15) is 9.59 Å². The van der Waals surface area contributed by atoms with Gasteiger partial charge in [0, 0.05) is 0 Å². The van der Waals surface area contributed by atoms with Gasteiger partial charge < -0.3 is 4.74 Å². The number of para-hydroxylation sites is 1. The number of aromatic amines is 1. The van der Waals surface area contributed by atoms with Gasteiger partial charge in [-0.1, -0.05) is 30.0 Å². The summed E-state index contributed by atoms with van der Waals surface area (Å²) in [5.41, 5.74) is 0.831. The standard InChI is InChI=1S/C14H12N4O3S/c1-21-11(19)8-22-14-16-12-10(7-15-17-12)13(20)18(14)9-5-3-2-4-6-9/h2-7H,8H2,1H3,(H,15,17). The highest BCUT2D eigenvalue weighted by Crippen LogP contribution is 2.20. The highest BCUT2D eigenvalue weighted by Gasteiger charge is 2.15. The molecule has 0 radical (unpaired) electrons. The van der Waals surface area contributed by atoms with Gasteiger partial charge in [0.1, 0.15) is 5.39 Å². The van der Waals surface area contributed by atoms with Gasteiger partial charge in [0.05, 0.1) is 24.7 Å². The number of fused-ring (bicyclic) bond motifs is 1. The van der Waals surface area contributed by atoms with E-state index < -0.39 is 0 Å². The molecule has 2 heterocycles. The average molecular weight is 316 g/mol. The van der Waals surface area contributed by atoms with Gasteiger partial charge in [-0.15, -0.1) is 0 Å². The second kappa shape index (κ2) is 6.02. The van der Waals surface area contributed by atoms with Crippen LogP contribution in [0.2, 0.25) is 0 Å². The van der Waals surface area contributed by atoms with Crippen molar-refractivity contribution in [2.75, 3.05) is 12.9 Å². The summed E-state index contributed by atoms with van der Waals surface area (Å²) in [7, 11) is 1.32. The topological polar surface area (TPSA) is 89.9 Å². The summed E-state index contributed by atoms with van der Waals surface area (Å²) < 4.78 is 6.09. The molecule has 0 spiro atoms. The zero-order valence-electron chi connectivity index (χ0n) is 11.6. The number of carbonyl (C=O) groups excluding carboxylic acids is 1. The zero-order chi connectivity index (χ0) is 15.5. The van der Waals surface area contributed by atoms with E-state index in [1.54, 1.807) is 12.1 Å². The predicted molar refractivity (Wildman–Crippen MR) is 82.2 cm³/mol. The summed E-state index contributed by atoms with van der Waals surface area (Å²) in [4.78, 5) is 28.4. The van der Waals surface area contributed by atoms with Crippen LogP contribution in [0.1, 0.15) is 0 Å². The van der Waals surface area contributed by atoms with Crippen molar-refractivity contribution in [3.63, 3.8) is 0 Å². The van der Waals surface area contributed by atoms with Crippen LogP contribution in [0, 0.1) is 0 Å². The monoisotopic (exact) mass is 316 g/mol. The Hall–Kier alpha value is -2.61. The molecule has 2 aromatic heterocycles. The van der Waals surface area contributed by atoms with Gasteiger partial charge in [0.15, 0.2) is 10.8 Å². The van der Waals surface area contributed by atoms with Gasteiger partial charge in [-0.3, -0.25) is 19.3 Å². The number of H-pyrrole nitrogens is 1. The van der Waals surface area contributed by atoms with Crippen LogP contribution in [0.15, 0.2) is 46.5 Å². The molecule has 0 aliphatic heterocycles. The van der Waals surface area contributed by atoms with E-state index in [0.29, 0.717) is 21.9 Å². The number of esters is 1. The van der Waals surface area contributed by atoms with Crippen LogP contribution < -0.4 is 5.56 Å². The minimum Gasteiger partial charge on any atom is -0.468 e. The first-order valence-electron chi connectivity index (χ1n) is 6.42. The van der Waals surface area contributed by atoms with Crippen LogP contribution in [-0.4, -0.2) is 38.6 Å². The SMILES string of the molecule is COC(=O)CSc1nc2[nH]ncc2c(=O)n1-c1ccccc1. The highest BCUT2D eigenvalue weighted by atomic mass is 32.2. The minimum absolute atomic E-state index is 0.0649. The first-order valence-corrected chi connectivity index (χ1v) is 7.40. The van der Waals surface area contributed by atoms with Crippen molar-refractivity contribution in [1.82, 2.24) is 19.7 Å². The van der Waals surface area contributed by atoms with Gasteiger partial charge in [-0.05, 0) is 12.1 Å². The summed E-state index contributed by atoms with van der Waals surface area (Å²) in [5, 5.41) is 7.32. The normalized spacial score (nSPS) is 10.8. The fourth-order valence-corrected chi connectivity index (χ4v) is 2.80. The summed E-state index contributed by atoms with van der Waals surface area (Å²) in [6.45, 7) is 0. The van der Waals surface area contributed by atoms with Crippen molar-refractivity contribution in [2.45, 2.75) is 5.16 Å². The zero-order valence-corrected chi connectivity index (χ0v) is 12.5. The van der Waals surface area contributed by atoms with E-state index >= 15 is 0 Å². The molecule has 3 aromatic rings. The number of benzene rings is 1. The molecule has 0 unspecified atom stereocenters. The molecule has 1 aromatic carbocycles. The van der Waals surface area contributed by atoms with Crippen LogP contribution in [0.5, 0.6) is 0 Å². The number of rotatable bonds is 4. The Balaban J connectivity index is 2.16. The number of nitrogens with zero attached hydrogens (tertiary/aromatic N) is 3. The van der Waals surface area contributed by atoms with Gasteiger partial charge in [0.2, 0.25) is 0 Å². The number of thioether (sulfide) groups is 1. The van der Waals surface area contributed by atoms with E-state index in [-0.39, 0.29) is 17.3 Å². The second-order valence-corrected chi connectivity index (χ2v) is 5.31. The van der Waals surface area contributed by atoms with E-state index in [1.807, 2.05) is 18.2 Å². The fraction of sp³-hybridized carbons (Fsp3) is 0.143. The van der Waals surface area contributed by atoms with Crippen molar-refractivity contribution in [2.24, 2.45) is 0 Å². The average Bonchev–Trinajstić information content (AvgIpc) is 3.02. The molecule has 0 atom stereocenters. The Bertz CT molecular complexity index is 873. The molecular weight excluding hydrogens is 304 g/mol. The molecule has 0 fully saturated rings. The number of hydrogen-bond acceptors (Lipinski definition) is 6. The molecule has 0 bridgehead atoms. The quantitative estimate of drug-likeness (QED) is 0.444. The van der Waals surface area contributed by atoms with E-state index in [4.69, 9.17) is 0 Å². The second-order valence-electron chi connectivity index (χ2n) is 4.37. The maximum atomic E-state index is 12.7. The molecule has 0 aliphatic rings. The Labute approximate surface area is 129 Å². The van der Waals surface area contributed by atoms with Crippen LogP contribution in [-0.2, 0) is 9.53 Å². The molecule has 0 saturated heterocycles. The largest absolute Gasteiger partial charge is 0.468 e. The lowest BCUT2D eigenvalue weighted by atomic mass is 10.3.